The molecule has 5 rings (SSSR count). The molecule has 126 valence electrons. The van der Waals surface area contributed by atoms with Gasteiger partial charge in [0.2, 0.25) is 0 Å². The van der Waals surface area contributed by atoms with Crippen LogP contribution in [0.3, 0.4) is 0 Å². The molecular weight excluding hydrogens is 320 g/mol. The Balaban J connectivity index is 1.80. The van der Waals surface area contributed by atoms with Gasteiger partial charge in [-0.05, 0) is 54.8 Å². The Morgan fingerprint density at radius 2 is 1.50 bits per heavy atom. The van der Waals surface area contributed by atoms with E-state index < -0.39 is 0 Å². The fourth-order valence-electron chi connectivity index (χ4n) is 3.80. The predicted octanol–water partition coefficient (Wildman–Crippen LogP) is 5.01. The average Bonchev–Trinajstić information content (AvgIpc) is 3.09. The van der Waals surface area contributed by atoms with Crippen LogP contribution in [-0.4, -0.2) is 14.9 Å². The highest BCUT2D eigenvalue weighted by Crippen LogP contribution is 2.39. The number of phenols is 1. The molecule has 3 heteroatoms. The summed E-state index contributed by atoms with van der Waals surface area (Å²) >= 11 is 0. The van der Waals surface area contributed by atoms with Gasteiger partial charge in [0.15, 0.2) is 0 Å². The molecule has 0 aliphatic heterocycles. The number of rotatable bonds is 2. The Kier molecular flexibility index (Phi) is 3.39. The third kappa shape index (κ3) is 2.32. The van der Waals surface area contributed by atoms with Crippen molar-refractivity contribution in [3.63, 3.8) is 0 Å². The Hall–Kier alpha value is -3.33. The number of phenolic OH excluding ortho intramolecular Hbond substituents is 1. The predicted molar refractivity (Wildman–Crippen MR) is 104 cm³/mol. The van der Waals surface area contributed by atoms with Crippen LogP contribution in [0.2, 0.25) is 0 Å². The van der Waals surface area contributed by atoms with E-state index in [0.29, 0.717) is 0 Å². The lowest BCUT2D eigenvalue weighted by atomic mass is 9.88. The second-order valence-electron chi connectivity index (χ2n) is 6.63. The third-order valence-corrected chi connectivity index (χ3v) is 5.04. The molecule has 1 heterocycles. The van der Waals surface area contributed by atoms with Gasteiger partial charge in [-0.15, -0.1) is 0 Å². The van der Waals surface area contributed by atoms with E-state index in [4.69, 9.17) is 5.10 Å². The van der Waals surface area contributed by atoms with Crippen molar-refractivity contribution in [3.05, 3.63) is 90.0 Å². The Morgan fingerprint density at radius 3 is 2.31 bits per heavy atom. The Bertz CT molecular complexity index is 1080. The highest BCUT2D eigenvalue weighted by molar-refractivity contribution is 5.79. The fraction of sp³-hybridized carbons (Fsp3) is 0.0870. The first-order chi connectivity index (χ1) is 12.8. The Labute approximate surface area is 152 Å². The number of nitrogens with zero attached hydrogens (tertiary/aromatic N) is 2. The van der Waals surface area contributed by atoms with Crippen LogP contribution < -0.4 is 0 Å². The van der Waals surface area contributed by atoms with E-state index in [1.165, 1.54) is 16.7 Å². The summed E-state index contributed by atoms with van der Waals surface area (Å²) in [6.07, 6.45) is 1.99. The number of aryl methyl sites for hydroxylation is 1. The van der Waals surface area contributed by atoms with Crippen LogP contribution in [0.4, 0.5) is 0 Å². The molecule has 0 atom stereocenters. The molecule has 0 amide bonds. The SMILES string of the molecule is Oc1ccc(-c2c3c(nn2-c2ccccc2)-c2ccccc2CC3)cc1. The van der Waals surface area contributed by atoms with Gasteiger partial charge in [0.1, 0.15) is 5.75 Å². The van der Waals surface area contributed by atoms with E-state index in [0.717, 1.165) is 35.5 Å². The topological polar surface area (TPSA) is 38.1 Å². The minimum atomic E-state index is 0.277. The molecule has 0 saturated heterocycles. The molecule has 1 N–H and O–H groups in total. The Morgan fingerprint density at radius 1 is 0.769 bits per heavy atom. The van der Waals surface area contributed by atoms with Gasteiger partial charge in [-0.2, -0.15) is 5.10 Å². The molecule has 0 fully saturated rings. The van der Waals surface area contributed by atoms with Gasteiger partial charge in [0, 0.05) is 16.7 Å². The zero-order chi connectivity index (χ0) is 17.5. The van der Waals surface area contributed by atoms with Gasteiger partial charge in [-0.25, -0.2) is 4.68 Å². The zero-order valence-corrected chi connectivity index (χ0v) is 14.3. The molecular formula is C23H18N2O. The molecule has 0 bridgehead atoms. The van der Waals surface area contributed by atoms with E-state index in [1.807, 2.05) is 35.0 Å². The number of benzene rings is 3. The van der Waals surface area contributed by atoms with Crippen molar-refractivity contribution in [1.29, 1.82) is 0 Å². The maximum atomic E-state index is 9.69. The smallest absolute Gasteiger partial charge is 0.115 e. The molecule has 3 nitrogen and oxygen atoms in total. The van der Waals surface area contributed by atoms with Crippen LogP contribution in [0, 0.1) is 0 Å². The van der Waals surface area contributed by atoms with Crippen molar-refractivity contribution >= 4 is 0 Å². The lowest BCUT2D eigenvalue weighted by molar-refractivity contribution is 0.475. The van der Waals surface area contributed by atoms with Gasteiger partial charge >= 0.3 is 0 Å². The molecule has 4 aromatic rings. The summed E-state index contributed by atoms with van der Waals surface area (Å²) in [5.74, 6) is 0.277. The average molecular weight is 338 g/mol. The maximum Gasteiger partial charge on any atom is 0.115 e. The molecule has 0 radical (unpaired) electrons. The van der Waals surface area contributed by atoms with Gasteiger partial charge in [-0.1, -0.05) is 42.5 Å². The molecule has 3 aromatic carbocycles. The summed E-state index contributed by atoms with van der Waals surface area (Å²) in [4.78, 5) is 0. The number of hydrogen-bond acceptors (Lipinski definition) is 2. The molecule has 0 saturated carbocycles. The highest BCUT2D eigenvalue weighted by atomic mass is 16.3. The van der Waals surface area contributed by atoms with Crippen molar-refractivity contribution in [2.75, 3.05) is 0 Å². The van der Waals surface area contributed by atoms with E-state index in [1.54, 1.807) is 12.1 Å². The van der Waals surface area contributed by atoms with Gasteiger partial charge in [-0.3, -0.25) is 0 Å². The summed E-state index contributed by atoms with van der Waals surface area (Å²) in [6.45, 7) is 0. The van der Waals surface area contributed by atoms with Crippen LogP contribution >= 0.6 is 0 Å². The van der Waals surface area contributed by atoms with E-state index in [-0.39, 0.29) is 5.75 Å². The lowest BCUT2D eigenvalue weighted by Gasteiger charge is -2.16. The van der Waals surface area contributed by atoms with Crippen molar-refractivity contribution in [2.24, 2.45) is 0 Å². The van der Waals surface area contributed by atoms with Gasteiger partial charge in [0.25, 0.3) is 0 Å². The van der Waals surface area contributed by atoms with Crippen LogP contribution in [0.5, 0.6) is 5.75 Å². The molecule has 0 spiro atoms. The molecule has 1 aliphatic rings. The monoisotopic (exact) mass is 338 g/mol. The van der Waals surface area contributed by atoms with Crippen molar-refractivity contribution in [3.8, 4) is 34.0 Å². The third-order valence-electron chi connectivity index (χ3n) is 5.04. The second-order valence-corrected chi connectivity index (χ2v) is 6.63. The zero-order valence-electron chi connectivity index (χ0n) is 14.3. The van der Waals surface area contributed by atoms with Crippen LogP contribution in [0.15, 0.2) is 78.9 Å². The number of aromatic nitrogens is 2. The maximum absolute atomic E-state index is 9.69. The minimum Gasteiger partial charge on any atom is -0.508 e. The quantitative estimate of drug-likeness (QED) is 0.558. The summed E-state index contributed by atoms with van der Waals surface area (Å²) in [6, 6.07) is 26.2. The normalized spacial score (nSPS) is 12.5. The summed E-state index contributed by atoms with van der Waals surface area (Å²) < 4.78 is 2.04. The minimum absolute atomic E-state index is 0.277. The molecule has 1 aromatic heterocycles. The second kappa shape index (κ2) is 5.88. The van der Waals surface area contributed by atoms with Crippen molar-refractivity contribution in [1.82, 2.24) is 9.78 Å². The molecule has 1 aliphatic carbocycles. The fourth-order valence-corrected chi connectivity index (χ4v) is 3.80. The van der Waals surface area contributed by atoms with Crippen LogP contribution in [-0.2, 0) is 12.8 Å². The summed E-state index contributed by atoms with van der Waals surface area (Å²) in [5, 5.41) is 14.7. The van der Waals surface area contributed by atoms with E-state index >= 15 is 0 Å². The lowest BCUT2D eigenvalue weighted by Crippen LogP contribution is -2.03. The van der Waals surface area contributed by atoms with E-state index in [9.17, 15) is 5.11 Å². The van der Waals surface area contributed by atoms with Gasteiger partial charge in [0.05, 0.1) is 17.1 Å². The van der Waals surface area contributed by atoms with Crippen molar-refractivity contribution < 1.29 is 5.11 Å². The van der Waals surface area contributed by atoms with Crippen LogP contribution in [0.25, 0.3) is 28.2 Å². The highest BCUT2D eigenvalue weighted by Gasteiger charge is 2.25. The summed E-state index contributed by atoms with van der Waals surface area (Å²) in [5.41, 5.74) is 8.15. The number of para-hydroxylation sites is 1. The van der Waals surface area contributed by atoms with Gasteiger partial charge < -0.3 is 5.11 Å². The first kappa shape index (κ1) is 15.0. The first-order valence-electron chi connectivity index (χ1n) is 8.86. The number of fused-ring (bicyclic) bond motifs is 3. The molecule has 0 unspecified atom stereocenters. The van der Waals surface area contributed by atoms with Crippen LogP contribution in [0.1, 0.15) is 11.1 Å². The number of aromatic hydroxyl groups is 1. The standard InChI is InChI=1S/C23H18N2O/c26-19-13-10-17(11-14-19)23-21-15-12-16-6-4-5-9-20(16)22(21)24-25(23)18-7-2-1-3-8-18/h1-11,13-14,26H,12,15H2. The van der Waals surface area contributed by atoms with E-state index in [2.05, 4.69) is 36.4 Å². The summed E-state index contributed by atoms with van der Waals surface area (Å²) in [7, 11) is 0. The molecule has 26 heavy (non-hydrogen) atoms. The van der Waals surface area contributed by atoms with Crippen molar-refractivity contribution in [2.45, 2.75) is 12.8 Å². The number of hydrogen-bond donors (Lipinski definition) is 1. The largest absolute Gasteiger partial charge is 0.508 e. The first-order valence-corrected chi connectivity index (χ1v) is 8.86.